The van der Waals surface area contributed by atoms with Crippen molar-refractivity contribution in [1.29, 1.82) is 0 Å². The first-order valence-electron chi connectivity index (χ1n) is 9.66. The van der Waals surface area contributed by atoms with Crippen LogP contribution in [0.5, 0.6) is 0 Å². The van der Waals surface area contributed by atoms with E-state index in [0.29, 0.717) is 37.6 Å². The number of pyridine rings is 1. The SMILES string of the molecule is CC(C)(C)OC(=O)N1CC=C(c2ncc(CC3COC(C)(C)O3)cc2Cl)CC1. The van der Waals surface area contributed by atoms with E-state index in [1.54, 1.807) is 4.90 Å². The Morgan fingerprint density at radius 2 is 2.18 bits per heavy atom. The second-order valence-electron chi connectivity index (χ2n) is 8.73. The molecule has 28 heavy (non-hydrogen) atoms. The van der Waals surface area contributed by atoms with E-state index in [-0.39, 0.29) is 12.2 Å². The number of aromatic nitrogens is 1. The standard InChI is InChI=1S/C21H29ClN2O4/c1-20(2,3)28-19(25)24-8-6-15(7-9-24)18-17(22)11-14(12-23-18)10-16-13-26-21(4,5)27-16/h6,11-12,16H,7-10,13H2,1-5H3. The second-order valence-corrected chi connectivity index (χ2v) is 9.14. The minimum Gasteiger partial charge on any atom is -0.444 e. The van der Waals surface area contributed by atoms with Gasteiger partial charge in [-0.05, 0) is 58.2 Å². The number of carbonyl (C=O) groups excluding carboxylic acids is 1. The highest BCUT2D eigenvalue weighted by molar-refractivity contribution is 6.32. The van der Waals surface area contributed by atoms with Crippen LogP contribution >= 0.6 is 11.6 Å². The van der Waals surface area contributed by atoms with Crippen LogP contribution in [0.25, 0.3) is 5.57 Å². The fourth-order valence-corrected chi connectivity index (χ4v) is 3.64. The van der Waals surface area contributed by atoms with Crippen molar-refractivity contribution in [2.45, 2.75) is 65.0 Å². The van der Waals surface area contributed by atoms with Crippen LogP contribution in [0.3, 0.4) is 0 Å². The zero-order valence-corrected chi connectivity index (χ0v) is 18.0. The maximum Gasteiger partial charge on any atom is 0.410 e. The Kier molecular flexibility index (Phi) is 6.03. The van der Waals surface area contributed by atoms with Gasteiger partial charge >= 0.3 is 6.09 Å². The van der Waals surface area contributed by atoms with E-state index in [1.165, 1.54) is 0 Å². The molecule has 1 amide bonds. The van der Waals surface area contributed by atoms with E-state index >= 15 is 0 Å². The van der Waals surface area contributed by atoms with E-state index in [1.807, 2.05) is 53.0 Å². The molecular weight excluding hydrogens is 380 g/mol. The van der Waals surface area contributed by atoms with Gasteiger partial charge in [0.15, 0.2) is 5.79 Å². The Morgan fingerprint density at radius 1 is 1.43 bits per heavy atom. The summed E-state index contributed by atoms with van der Waals surface area (Å²) < 4.78 is 16.9. The Morgan fingerprint density at radius 3 is 2.71 bits per heavy atom. The minimum atomic E-state index is -0.533. The predicted octanol–water partition coefficient (Wildman–Crippen LogP) is 4.45. The number of nitrogens with zero attached hydrogens (tertiary/aromatic N) is 2. The van der Waals surface area contributed by atoms with Crippen molar-refractivity contribution in [2.75, 3.05) is 19.7 Å². The fourth-order valence-electron chi connectivity index (χ4n) is 3.33. The van der Waals surface area contributed by atoms with Crippen LogP contribution in [0.4, 0.5) is 4.79 Å². The minimum absolute atomic E-state index is 0.00926. The topological polar surface area (TPSA) is 60.9 Å². The largest absolute Gasteiger partial charge is 0.444 e. The van der Waals surface area contributed by atoms with Gasteiger partial charge in [0.25, 0.3) is 0 Å². The molecule has 1 fully saturated rings. The van der Waals surface area contributed by atoms with E-state index in [9.17, 15) is 4.79 Å². The smallest absolute Gasteiger partial charge is 0.410 e. The van der Waals surface area contributed by atoms with Crippen molar-refractivity contribution in [3.63, 3.8) is 0 Å². The summed E-state index contributed by atoms with van der Waals surface area (Å²) in [6, 6.07) is 1.94. The average molecular weight is 409 g/mol. The van der Waals surface area contributed by atoms with Gasteiger partial charge in [0.2, 0.25) is 0 Å². The fraction of sp³-hybridized carbons (Fsp3) is 0.619. The van der Waals surface area contributed by atoms with E-state index < -0.39 is 11.4 Å². The summed E-state index contributed by atoms with van der Waals surface area (Å²) in [5, 5.41) is 0.618. The molecule has 1 aromatic heterocycles. The highest BCUT2D eigenvalue weighted by Gasteiger charge is 2.32. The summed E-state index contributed by atoms with van der Waals surface area (Å²) in [6.07, 6.45) is 4.96. The summed E-state index contributed by atoms with van der Waals surface area (Å²) in [5.41, 5.74) is 2.35. The van der Waals surface area contributed by atoms with Gasteiger partial charge in [-0.3, -0.25) is 4.98 Å². The summed E-state index contributed by atoms with van der Waals surface area (Å²) >= 11 is 6.51. The van der Waals surface area contributed by atoms with Gasteiger partial charge in [0.05, 0.1) is 23.4 Å². The lowest BCUT2D eigenvalue weighted by atomic mass is 10.0. The molecule has 6 nitrogen and oxygen atoms in total. The van der Waals surface area contributed by atoms with Crippen molar-refractivity contribution in [3.8, 4) is 0 Å². The van der Waals surface area contributed by atoms with Crippen LogP contribution in [-0.4, -0.2) is 53.2 Å². The lowest BCUT2D eigenvalue weighted by Crippen LogP contribution is -2.39. The summed E-state index contributed by atoms with van der Waals surface area (Å²) in [7, 11) is 0. The Bertz CT molecular complexity index is 770. The van der Waals surface area contributed by atoms with Gasteiger partial charge in [-0.1, -0.05) is 17.7 Å². The molecule has 1 saturated heterocycles. The average Bonchev–Trinajstić information content (AvgIpc) is 2.92. The molecule has 0 spiro atoms. The van der Waals surface area contributed by atoms with Crippen LogP contribution in [0, 0.1) is 0 Å². The molecule has 1 atom stereocenters. The van der Waals surface area contributed by atoms with Gasteiger partial charge in [-0.2, -0.15) is 0 Å². The summed E-state index contributed by atoms with van der Waals surface area (Å²) in [5.74, 6) is -0.533. The molecule has 154 valence electrons. The van der Waals surface area contributed by atoms with Crippen molar-refractivity contribution in [1.82, 2.24) is 9.88 Å². The normalized spacial score (nSPS) is 22.1. The third-order valence-corrected chi connectivity index (χ3v) is 4.88. The van der Waals surface area contributed by atoms with Gasteiger partial charge in [0.1, 0.15) is 5.60 Å². The molecule has 7 heteroatoms. The first kappa shape index (κ1) is 21.1. The van der Waals surface area contributed by atoms with Crippen LogP contribution in [0.15, 0.2) is 18.3 Å². The third-order valence-electron chi connectivity index (χ3n) is 4.59. The van der Waals surface area contributed by atoms with Crippen LogP contribution in [0.2, 0.25) is 5.02 Å². The van der Waals surface area contributed by atoms with Gasteiger partial charge in [0, 0.05) is 25.7 Å². The lowest BCUT2D eigenvalue weighted by molar-refractivity contribution is -0.138. The molecule has 0 radical (unpaired) electrons. The molecule has 3 rings (SSSR count). The Balaban J connectivity index is 1.62. The first-order chi connectivity index (χ1) is 13.0. The molecule has 0 bridgehead atoms. The molecule has 3 heterocycles. The molecule has 0 N–H and O–H groups in total. The van der Waals surface area contributed by atoms with E-state index in [0.717, 1.165) is 16.8 Å². The maximum atomic E-state index is 12.2. The number of hydrogen-bond donors (Lipinski definition) is 0. The molecule has 0 aliphatic carbocycles. The van der Waals surface area contributed by atoms with Crippen molar-refractivity contribution in [2.24, 2.45) is 0 Å². The third kappa shape index (κ3) is 5.46. The molecule has 0 saturated carbocycles. The highest BCUT2D eigenvalue weighted by atomic mass is 35.5. The first-order valence-corrected chi connectivity index (χ1v) is 10.0. The quantitative estimate of drug-likeness (QED) is 0.739. The van der Waals surface area contributed by atoms with Crippen LogP contribution < -0.4 is 0 Å². The molecule has 2 aliphatic heterocycles. The Hall–Kier alpha value is -1.63. The predicted molar refractivity (Wildman–Crippen MR) is 108 cm³/mol. The van der Waals surface area contributed by atoms with Gasteiger partial charge in [-0.15, -0.1) is 0 Å². The molecule has 0 aromatic carbocycles. The number of halogens is 1. The monoisotopic (exact) mass is 408 g/mol. The van der Waals surface area contributed by atoms with Crippen LogP contribution in [0.1, 0.15) is 52.3 Å². The van der Waals surface area contributed by atoms with Crippen molar-refractivity contribution >= 4 is 23.3 Å². The summed E-state index contributed by atoms with van der Waals surface area (Å²) in [4.78, 5) is 18.5. The zero-order valence-electron chi connectivity index (χ0n) is 17.3. The van der Waals surface area contributed by atoms with E-state index in [4.69, 9.17) is 25.8 Å². The zero-order chi connectivity index (χ0) is 20.5. The van der Waals surface area contributed by atoms with E-state index in [2.05, 4.69) is 4.98 Å². The van der Waals surface area contributed by atoms with Gasteiger partial charge in [-0.25, -0.2) is 4.79 Å². The number of carbonyl (C=O) groups is 1. The highest BCUT2D eigenvalue weighted by Crippen LogP contribution is 2.30. The van der Waals surface area contributed by atoms with Gasteiger partial charge < -0.3 is 19.1 Å². The number of ether oxygens (including phenoxy) is 3. The van der Waals surface area contributed by atoms with Crippen molar-refractivity contribution in [3.05, 3.63) is 34.6 Å². The maximum absolute atomic E-state index is 12.2. The number of amides is 1. The second kappa shape index (κ2) is 8.01. The van der Waals surface area contributed by atoms with Crippen molar-refractivity contribution < 1.29 is 19.0 Å². The molecule has 1 unspecified atom stereocenters. The Labute approximate surface area is 171 Å². The summed E-state index contributed by atoms with van der Waals surface area (Å²) in [6.45, 7) is 11.1. The molecular formula is C21H29ClN2O4. The number of rotatable bonds is 3. The van der Waals surface area contributed by atoms with Crippen LogP contribution in [-0.2, 0) is 20.6 Å². The number of hydrogen-bond acceptors (Lipinski definition) is 5. The lowest BCUT2D eigenvalue weighted by Gasteiger charge is -2.29. The molecule has 1 aromatic rings. The molecule has 2 aliphatic rings.